The molecule has 0 unspecified atom stereocenters. The van der Waals surface area contributed by atoms with Crippen LogP contribution in [0, 0.1) is 10.6 Å². The first kappa shape index (κ1) is 14.3. The fourth-order valence-electron chi connectivity index (χ4n) is 1.12. The Kier molecular flexibility index (Phi) is 3.79. The molecular weight excluding hydrogens is 367 g/mol. The SMILES string of the molecule is Cc1c(I)ncc(OC(F)(F)F)c1C(F)(F)F. The van der Waals surface area contributed by atoms with Crippen LogP contribution in [0.3, 0.4) is 0 Å². The Morgan fingerprint density at radius 2 is 1.71 bits per heavy atom. The molecule has 0 atom stereocenters. The summed E-state index contributed by atoms with van der Waals surface area (Å²) in [7, 11) is 0. The van der Waals surface area contributed by atoms with E-state index in [1.807, 2.05) is 0 Å². The molecule has 2 nitrogen and oxygen atoms in total. The van der Waals surface area contributed by atoms with Crippen LogP contribution in [0.25, 0.3) is 0 Å². The van der Waals surface area contributed by atoms with Gasteiger partial charge in [0.05, 0.1) is 6.20 Å². The number of rotatable bonds is 1. The molecule has 0 radical (unpaired) electrons. The molecule has 1 aromatic rings. The van der Waals surface area contributed by atoms with E-state index in [1.54, 1.807) is 0 Å². The molecular formula is C8H4F6INO. The van der Waals surface area contributed by atoms with Crippen LogP contribution in [-0.4, -0.2) is 11.3 Å². The van der Waals surface area contributed by atoms with Crippen LogP contribution in [0.5, 0.6) is 5.75 Å². The topological polar surface area (TPSA) is 22.1 Å². The number of hydrogen-bond acceptors (Lipinski definition) is 2. The molecule has 1 aromatic heterocycles. The van der Waals surface area contributed by atoms with E-state index >= 15 is 0 Å². The average molecular weight is 371 g/mol. The lowest BCUT2D eigenvalue weighted by Gasteiger charge is -2.17. The van der Waals surface area contributed by atoms with Crippen LogP contribution in [0.15, 0.2) is 6.20 Å². The van der Waals surface area contributed by atoms with Crippen molar-refractivity contribution >= 4 is 22.6 Å². The maximum Gasteiger partial charge on any atom is 0.573 e. The highest BCUT2D eigenvalue weighted by molar-refractivity contribution is 14.1. The lowest BCUT2D eigenvalue weighted by molar-refractivity contribution is -0.276. The average Bonchev–Trinajstić information content (AvgIpc) is 2.06. The van der Waals surface area contributed by atoms with Crippen molar-refractivity contribution in [3.8, 4) is 5.75 Å². The van der Waals surface area contributed by atoms with E-state index in [9.17, 15) is 26.3 Å². The molecule has 9 heteroatoms. The lowest BCUT2D eigenvalue weighted by Crippen LogP contribution is -2.21. The highest BCUT2D eigenvalue weighted by Gasteiger charge is 2.41. The molecule has 0 aliphatic rings. The van der Waals surface area contributed by atoms with Crippen molar-refractivity contribution < 1.29 is 31.1 Å². The van der Waals surface area contributed by atoms with Crippen molar-refractivity contribution in [2.75, 3.05) is 0 Å². The summed E-state index contributed by atoms with van der Waals surface area (Å²) in [5.74, 6) is -1.34. The van der Waals surface area contributed by atoms with E-state index in [-0.39, 0.29) is 3.70 Å². The Hall–Kier alpha value is -0.740. The summed E-state index contributed by atoms with van der Waals surface area (Å²) in [5.41, 5.74) is -1.87. The van der Waals surface area contributed by atoms with Crippen LogP contribution in [0.4, 0.5) is 26.3 Å². The standard InChI is InChI=1S/C8H4F6INO/c1-3-5(7(9,10)11)4(2-16-6(3)15)17-8(12,13)14/h2H,1H3. The number of halogens is 7. The zero-order valence-corrected chi connectivity index (χ0v) is 10.2. The van der Waals surface area contributed by atoms with E-state index in [2.05, 4.69) is 9.72 Å². The first-order chi connectivity index (χ1) is 7.52. The Bertz CT molecular complexity index is 427. The van der Waals surface area contributed by atoms with Crippen LogP contribution in [0.1, 0.15) is 11.1 Å². The largest absolute Gasteiger partial charge is 0.573 e. The summed E-state index contributed by atoms with van der Waals surface area (Å²) >= 11 is 1.50. The molecule has 0 saturated carbocycles. The highest BCUT2D eigenvalue weighted by Crippen LogP contribution is 2.40. The second-order valence-corrected chi connectivity index (χ2v) is 3.98. The molecule has 0 aliphatic heterocycles. The van der Waals surface area contributed by atoms with E-state index in [0.717, 1.165) is 6.92 Å². The third-order valence-corrected chi connectivity index (χ3v) is 2.82. The fourth-order valence-corrected chi connectivity index (χ4v) is 1.53. The Balaban J connectivity index is 3.36. The Labute approximate surface area is 105 Å². The predicted octanol–water partition coefficient (Wildman–Crippen LogP) is 3.91. The van der Waals surface area contributed by atoms with Crippen molar-refractivity contribution in [2.45, 2.75) is 19.5 Å². The molecule has 0 saturated heterocycles. The third-order valence-electron chi connectivity index (χ3n) is 1.74. The summed E-state index contributed by atoms with van der Waals surface area (Å²) in [6.07, 6.45) is -9.72. The number of hydrogen-bond donors (Lipinski definition) is 0. The molecule has 0 N–H and O–H groups in total. The maximum atomic E-state index is 12.6. The van der Waals surface area contributed by atoms with Gasteiger partial charge in [-0.1, -0.05) is 0 Å². The summed E-state index contributed by atoms with van der Waals surface area (Å²) in [6.45, 7) is 1.03. The molecule has 0 aromatic carbocycles. The number of ether oxygens (including phenoxy) is 1. The second kappa shape index (κ2) is 4.50. The van der Waals surface area contributed by atoms with Gasteiger partial charge in [0.25, 0.3) is 0 Å². The predicted molar refractivity (Wildman–Crippen MR) is 53.4 cm³/mol. The second-order valence-electron chi connectivity index (χ2n) is 2.96. The van der Waals surface area contributed by atoms with Crippen molar-refractivity contribution in [1.82, 2.24) is 4.98 Å². The number of pyridine rings is 1. The van der Waals surface area contributed by atoms with E-state index in [0.29, 0.717) is 6.20 Å². The van der Waals surface area contributed by atoms with Crippen molar-refractivity contribution in [2.24, 2.45) is 0 Å². The molecule has 1 rings (SSSR count). The minimum absolute atomic E-state index is 0.0375. The van der Waals surface area contributed by atoms with Crippen molar-refractivity contribution in [1.29, 1.82) is 0 Å². The molecule has 0 spiro atoms. The van der Waals surface area contributed by atoms with Crippen molar-refractivity contribution in [3.63, 3.8) is 0 Å². The quantitative estimate of drug-likeness (QED) is 0.424. The maximum absolute atomic E-state index is 12.6. The van der Waals surface area contributed by atoms with Gasteiger partial charge in [-0.15, -0.1) is 13.2 Å². The summed E-state index contributed by atoms with van der Waals surface area (Å²) in [5, 5.41) is 0. The van der Waals surface area contributed by atoms with E-state index in [4.69, 9.17) is 0 Å². The van der Waals surface area contributed by atoms with Crippen LogP contribution < -0.4 is 4.74 Å². The van der Waals surface area contributed by atoms with Gasteiger partial charge in [0.15, 0.2) is 5.75 Å². The molecule has 96 valence electrons. The Morgan fingerprint density at radius 1 is 1.18 bits per heavy atom. The van der Waals surface area contributed by atoms with E-state index in [1.165, 1.54) is 22.6 Å². The van der Waals surface area contributed by atoms with Gasteiger partial charge < -0.3 is 4.74 Å². The van der Waals surface area contributed by atoms with Gasteiger partial charge in [0, 0.05) is 0 Å². The summed E-state index contributed by atoms with van der Waals surface area (Å²) in [4.78, 5) is 3.40. The minimum Gasteiger partial charge on any atom is -0.403 e. The smallest absolute Gasteiger partial charge is 0.403 e. The first-order valence-electron chi connectivity index (χ1n) is 4.00. The molecule has 1 heterocycles. The van der Waals surface area contributed by atoms with Crippen LogP contribution in [0.2, 0.25) is 0 Å². The number of alkyl halides is 6. The molecule has 0 amide bonds. The van der Waals surface area contributed by atoms with Gasteiger partial charge in [0.1, 0.15) is 9.26 Å². The van der Waals surface area contributed by atoms with Crippen LogP contribution in [-0.2, 0) is 6.18 Å². The fraction of sp³-hybridized carbons (Fsp3) is 0.375. The van der Waals surface area contributed by atoms with Gasteiger partial charge in [-0.25, -0.2) is 4.98 Å². The molecule has 17 heavy (non-hydrogen) atoms. The summed E-state index contributed by atoms with van der Waals surface area (Å²) in [6, 6.07) is 0. The monoisotopic (exact) mass is 371 g/mol. The van der Waals surface area contributed by atoms with Crippen LogP contribution >= 0.6 is 22.6 Å². The minimum atomic E-state index is -5.19. The van der Waals surface area contributed by atoms with E-state index < -0.39 is 29.4 Å². The van der Waals surface area contributed by atoms with Gasteiger partial charge in [0.2, 0.25) is 0 Å². The lowest BCUT2D eigenvalue weighted by atomic mass is 10.1. The highest BCUT2D eigenvalue weighted by atomic mass is 127. The van der Waals surface area contributed by atoms with Gasteiger partial charge in [-0.05, 0) is 35.1 Å². The first-order valence-corrected chi connectivity index (χ1v) is 5.08. The zero-order chi connectivity index (χ0) is 13.4. The van der Waals surface area contributed by atoms with Gasteiger partial charge in [-0.2, -0.15) is 13.2 Å². The Morgan fingerprint density at radius 3 is 2.12 bits per heavy atom. The normalized spacial score (nSPS) is 12.7. The molecule has 0 fully saturated rings. The summed E-state index contributed by atoms with van der Waals surface area (Å²) < 4.78 is 76.8. The number of nitrogens with zero attached hydrogens (tertiary/aromatic N) is 1. The van der Waals surface area contributed by atoms with Gasteiger partial charge in [-0.3, -0.25) is 0 Å². The number of aromatic nitrogens is 1. The third kappa shape index (κ3) is 3.61. The molecule has 0 aliphatic carbocycles. The molecule has 0 bridgehead atoms. The van der Waals surface area contributed by atoms with Crippen molar-refractivity contribution in [3.05, 3.63) is 21.0 Å². The van der Waals surface area contributed by atoms with Gasteiger partial charge >= 0.3 is 12.5 Å². The zero-order valence-electron chi connectivity index (χ0n) is 8.08.